The molecule has 2 saturated heterocycles. The van der Waals surface area contributed by atoms with Crippen molar-refractivity contribution in [3.8, 4) is 0 Å². The number of carbonyl (C=O) groups is 2. The average Bonchev–Trinajstić information content (AvgIpc) is 3.72. The predicted octanol–water partition coefficient (Wildman–Crippen LogP) is 2.83. The summed E-state index contributed by atoms with van der Waals surface area (Å²) in [5.74, 6) is -0.251. The third-order valence-corrected chi connectivity index (χ3v) is 7.96. The van der Waals surface area contributed by atoms with Crippen LogP contribution in [0.5, 0.6) is 0 Å². The number of epoxide rings is 2. The van der Waals surface area contributed by atoms with Crippen LogP contribution in [0.25, 0.3) is 0 Å². The Morgan fingerprint density at radius 3 is 2.39 bits per heavy atom. The molecule has 2 heterocycles. The maximum atomic E-state index is 13.1. The number of nitrogens with zero attached hydrogens (tertiary/aromatic N) is 2. The van der Waals surface area contributed by atoms with Crippen LogP contribution in [-0.2, 0) is 23.7 Å². The first kappa shape index (κ1) is 28.9. The van der Waals surface area contributed by atoms with Gasteiger partial charge in [-0.05, 0) is 60.0 Å². The second kappa shape index (κ2) is 11.4. The zero-order valence-corrected chi connectivity index (χ0v) is 23.6. The summed E-state index contributed by atoms with van der Waals surface area (Å²) in [7, 11) is 7.35. The lowest BCUT2D eigenvalue weighted by Crippen LogP contribution is -2.57. The molecule has 1 aliphatic carbocycles. The molecule has 0 aromatic carbocycles. The van der Waals surface area contributed by atoms with Gasteiger partial charge in [0.2, 0.25) is 5.91 Å². The van der Waals surface area contributed by atoms with E-state index in [1.165, 1.54) is 5.57 Å². The van der Waals surface area contributed by atoms with Crippen molar-refractivity contribution >= 4 is 12.0 Å². The molecule has 1 saturated carbocycles. The molecule has 206 valence electrons. The number of likely N-dealkylation sites (N-methyl/N-ethyl adjacent to an activating group) is 2. The van der Waals surface area contributed by atoms with Crippen LogP contribution in [0.15, 0.2) is 11.6 Å². The molecule has 36 heavy (non-hydrogen) atoms. The van der Waals surface area contributed by atoms with Crippen molar-refractivity contribution in [3.05, 3.63) is 11.6 Å². The van der Waals surface area contributed by atoms with E-state index in [-0.39, 0.29) is 35.6 Å². The highest BCUT2D eigenvalue weighted by Gasteiger charge is 2.72. The third-order valence-electron chi connectivity index (χ3n) is 7.96. The molecule has 1 spiro atoms. The number of alkyl carbamates (subject to hydrolysis) is 1. The van der Waals surface area contributed by atoms with Gasteiger partial charge >= 0.3 is 6.09 Å². The lowest BCUT2D eigenvalue weighted by molar-refractivity contribution is -0.134. The summed E-state index contributed by atoms with van der Waals surface area (Å²) >= 11 is 0. The Morgan fingerprint density at radius 2 is 1.86 bits per heavy atom. The van der Waals surface area contributed by atoms with Crippen molar-refractivity contribution in [1.29, 1.82) is 0 Å². The van der Waals surface area contributed by atoms with E-state index in [1.54, 1.807) is 19.1 Å². The number of methoxy groups -OCH3 is 1. The zero-order chi connectivity index (χ0) is 26.8. The Labute approximate surface area is 216 Å². The lowest BCUT2D eigenvalue weighted by atomic mass is 9.68. The molecule has 3 aliphatic rings. The van der Waals surface area contributed by atoms with Gasteiger partial charge in [-0.1, -0.05) is 25.5 Å². The molecule has 9 nitrogen and oxygen atoms in total. The fraction of sp³-hybridized carbons (Fsp3) is 0.852. The van der Waals surface area contributed by atoms with Crippen molar-refractivity contribution in [2.75, 3.05) is 47.9 Å². The largest absolute Gasteiger partial charge is 0.443 e. The number of ether oxygens (including phenoxy) is 4. The summed E-state index contributed by atoms with van der Waals surface area (Å²) in [4.78, 5) is 29.8. The summed E-state index contributed by atoms with van der Waals surface area (Å²) in [6, 6.07) is -0.666. The van der Waals surface area contributed by atoms with Crippen LogP contribution in [0.1, 0.15) is 53.9 Å². The van der Waals surface area contributed by atoms with Gasteiger partial charge in [0, 0.05) is 27.2 Å². The van der Waals surface area contributed by atoms with E-state index in [1.807, 2.05) is 32.8 Å². The zero-order valence-electron chi connectivity index (χ0n) is 23.6. The summed E-state index contributed by atoms with van der Waals surface area (Å²) in [6.45, 7) is 12.1. The highest BCUT2D eigenvalue weighted by molar-refractivity contribution is 5.85. The maximum absolute atomic E-state index is 13.1. The molecule has 3 fully saturated rings. The van der Waals surface area contributed by atoms with Gasteiger partial charge in [0.1, 0.15) is 29.5 Å². The molecular weight excluding hydrogens is 462 g/mol. The molecule has 3 rings (SSSR count). The number of nitrogens with one attached hydrogen (secondary N) is 1. The minimum absolute atomic E-state index is 0.0446. The Balaban J connectivity index is 1.67. The summed E-state index contributed by atoms with van der Waals surface area (Å²) in [6.07, 6.45) is 3.14. The number of hydrogen-bond donors (Lipinski definition) is 1. The van der Waals surface area contributed by atoms with Gasteiger partial charge in [0.05, 0.1) is 18.6 Å². The van der Waals surface area contributed by atoms with E-state index < -0.39 is 23.8 Å². The number of amides is 2. The second-order valence-electron chi connectivity index (χ2n) is 11.8. The van der Waals surface area contributed by atoms with Gasteiger partial charge in [-0.15, -0.1) is 0 Å². The molecule has 2 aliphatic heterocycles. The first-order valence-corrected chi connectivity index (χ1v) is 13.2. The van der Waals surface area contributed by atoms with Gasteiger partial charge in [0.15, 0.2) is 0 Å². The second-order valence-corrected chi connectivity index (χ2v) is 11.8. The molecule has 0 aromatic heterocycles. The lowest BCUT2D eigenvalue weighted by Gasteiger charge is -2.42. The Hall–Kier alpha value is -1.68. The van der Waals surface area contributed by atoms with Crippen LogP contribution >= 0.6 is 0 Å². The molecule has 9 heteroatoms. The van der Waals surface area contributed by atoms with E-state index in [9.17, 15) is 9.59 Å². The number of carbonyl (C=O) groups excluding carboxylic acids is 2. The standard InChI is InChI=1S/C27H47N3O6/c1-17(2)10-11-20-26(5,36-20)23-22(33-9)19(12-13-27(23)16-34-27)35-25(32)28-21(18(3)4)24(31)30(8)15-14-29(6)7/h10,18-23H,11-16H2,1-9H3,(H,28,32). The van der Waals surface area contributed by atoms with Gasteiger partial charge in [-0.3, -0.25) is 4.79 Å². The Kier molecular flexibility index (Phi) is 9.13. The molecule has 0 aromatic rings. The molecule has 1 N–H and O–H groups in total. The van der Waals surface area contributed by atoms with E-state index in [0.29, 0.717) is 19.6 Å². The van der Waals surface area contributed by atoms with Gasteiger partial charge in [-0.25, -0.2) is 4.79 Å². The van der Waals surface area contributed by atoms with Crippen molar-refractivity contribution in [1.82, 2.24) is 15.1 Å². The van der Waals surface area contributed by atoms with Gasteiger partial charge in [-0.2, -0.15) is 0 Å². The first-order valence-electron chi connectivity index (χ1n) is 13.2. The van der Waals surface area contributed by atoms with Crippen molar-refractivity contribution in [2.24, 2.45) is 11.8 Å². The van der Waals surface area contributed by atoms with Crippen LogP contribution in [0.4, 0.5) is 4.79 Å². The first-order chi connectivity index (χ1) is 16.8. The average molecular weight is 510 g/mol. The topological polar surface area (TPSA) is 96.2 Å². The predicted molar refractivity (Wildman–Crippen MR) is 138 cm³/mol. The van der Waals surface area contributed by atoms with Crippen molar-refractivity contribution in [2.45, 2.75) is 89.4 Å². The third kappa shape index (κ3) is 6.41. The smallest absolute Gasteiger partial charge is 0.408 e. The monoisotopic (exact) mass is 509 g/mol. The molecule has 0 bridgehead atoms. The van der Waals surface area contributed by atoms with Crippen molar-refractivity contribution in [3.63, 3.8) is 0 Å². The highest BCUT2D eigenvalue weighted by atomic mass is 16.6. The fourth-order valence-corrected chi connectivity index (χ4v) is 5.58. The summed E-state index contributed by atoms with van der Waals surface area (Å²) in [5.41, 5.74) is 0.584. The van der Waals surface area contributed by atoms with E-state index >= 15 is 0 Å². The van der Waals surface area contributed by atoms with Crippen molar-refractivity contribution < 1.29 is 28.5 Å². The Bertz CT molecular complexity index is 822. The maximum Gasteiger partial charge on any atom is 0.408 e. The number of allylic oxidation sites excluding steroid dienone is 1. The van der Waals surface area contributed by atoms with Crippen LogP contribution in [-0.4, -0.2) is 105 Å². The molecule has 7 unspecified atom stereocenters. The molecular formula is C27H47N3O6. The number of rotatable bonds is 11. The van der Waals surface area contributed by atoms with Gasteiger partial charge in [0.25, 0.3) is 0 Å². The van der Waals surface area contributed by atoms with E-state index in [4.69, 9.17) is 18.9 Å². The molecule has 2 amide bonds. The number of hydrogen-bond acceptors (Lipinski definition) is 7. The molecule has 0 radical (unpaired) electrons. The fourth-order valence-electron chi connectivity index (χ4n) is 5.58. The highest BCUT2D eigenvalue weighted by Crippen LogP contribution is 2.59. The van der Waals surface area contributed by atoms with E-state index in [2.05, 4.69) is 32.2 Å². The normalized spacial score (nSPS) is 33.9. The molecule has 7 atom stereocenters. The van der Waals surface area contributed by atoms with Gasteiger partial charge < -0.3 is 34.1 Å². The van der Waals surface area contributed by atoms with Crippen LogP contribution in [0.3, 0.4) is 0 Å². The van der Waals surface area contributed by atoms with Crippen LogP contribution in [0.2, 0.25) is 0 Å². The summed E-state index contributed by atoms with van der Waals surface area (Å²) < 4.78 is 24.1. The van der Waals surface area contributed by atoms with Crippen LogP contribution < -0.4 is 5.32 Å². The minimum Gasteiger partial charge on any atom is -0.443 e. The van der Waals surface area contributed by atoms with Crippen LogP contribution in [0, 0.1) is 11.8 Å². The SMILES string of the molecule is COC1C(OC(=O)NC(C(=O)N(C)CCN(C)C)C(C)C)CCC2(CO2)C1C1(C)OC1CC=C(C)C. The summed E-state index contributed by atoms with van der Waals surface area (Å²) in [5, 5.41) is 2.83. The quantitative estimate of drug-likeness (QED) is 0.338. The van der Waals surface area contributed by atoms with E-state index in [0.717, 1.165) is 19.4 Å². The minimum atomic E-state index is -0.666. The Morgan fingerprint density at radius 1 is 1.19 bits per heavy atom.